The maximum Gasteiger partial charge on any atom is 0.0400 e. The maximum absolute atomic E-state index is 4.14. The molecule has 0 aliphatic carbocycles. The molecule has 0 bridgehead atoms. The summed E-state index contributed by atoms with van der Waals surface area (Å²) < 4.78 is 0. The van der Waals surface area contributed by atoms with Crippen LogP contribution in [0.1, 0.15) is 53.4 Å². The van der Waals surface area contributed by atoms with Crippen molar-refractivity contribution in [1.29, 1.82) is 0 Å². The average Bonchev–Trinajstić information content (AvgIpc) is 2.41. The molecule has 90 valence electrons. The van der Waals surface area contributed by atoms with Gasteiger partial charge in [0.05, 0.1) is 0 Å². The third-order valence-electron chi connectivity index (χ3n) is 3.46. The lowest BCUT2D eigenvalue weighted by atomic mass is 9.98. The van der Waals surface area contributed by atoms with Crippen molar-refractivity contribution in [3.05, 3.63) is 35.2 Å². The van der Waals surface area contributed by atoms with E-state index >= 15 is 0 Å². The lowest BCUT2D eigenvalue weighted by molar-refractivity contribution is 0.610. The predicted molar refractivity (Wildman–Crippen MR) is 72.0 cm³/mol. The van der Waals surface area contributed by atoms with Gasteiger partial charge in [-0.1, -0.05) is 33.4 Å². The van der Waals surface area contributed by atoms with Gasteiger partial charge in [-0.3, -0.25) is 0 Å². The number of hydrogen-bond acceptors (Lipinski definition) is 1. The standard InChI is InChI=1S/C15H25N/c1-6-8-14-10-9-12(4)13(5)16-15(14)11(3)7-2/h8,12,16H,5-7,9-10H2,1-4H3/b14-8-,15-11+. The van der Waals surface area contributed by atoms with Crippen LogP contribution in [-0.4, -0.2) is 0 Å². The summed E-state index contributed by atoms with van der Waals surface area (Å²) >= 11 is 0. The van der Waals surface area contributed by atoms with E-state index in [0.717, 1.165) is 12.8 Å². The highest BCUT2D eigenvalue weighted by Gasteiger charge is 2.18. The number of rotatable bonds is 2. The van der Waals surface area contributed by atoms with Gasteiger partial charge in [-0.25, -0.2) is 0 Å². The Kier molecular flexibility index (Phi) is 4.85. The first-order valence-electron chi connectivity index (χ1n) is 6.45. The second-order valence-corrected chi connectivity index (χ2v) is 4.74. The Morgan fingerprint density at radius 1 is 1.50 bits per heavy atom. The monoisotopic (exact) mass is 219 g/mol. The summed E-state index contributed by atoms with van der Waals surface area (Å²) in [5, 5.41) is 3.53. The molecule has 0 aromatic carbocycles. The number of nitrogens with one attached hydrogen (secondary N) is 1. The smallest absolute Gasteiger partial charge is 0.0400 e. The Labute approximate surface area is 100 Å². The van der Waals surface area contributed by atoms with Crippen LogP contribution in [0.2, 0.25) is 0 Å². The second-order valence-electron chi connectivity index (χ2n) is 4.74. The maximum atomic E-state index is 4.14. The van der Waals surface area contributed by atoms with Crippen LogP contribution in [0.4, 0.5) is 0 Å². The molecule has 1 aliphatic rings. The van der Waals surface area contributed by atoms with E-state index in [9.17, 15) is 0 Å². The van der Waals surface area contributed by atoms with Crippen molar-refractivity contribution >= 4 is 0 Å². The molecule has 1 heteroatoms. The fourth-order valence-electron chi connectivity index (χ4n) is 2.04. The molecule has 1 N–H and O–H groups in total. The molecule has 16 heavy (non-hydrogen) atoms. The van der Waals surface area contributed by atoms with Crippen molar-refractivity contribution in [2.24, 2.45) is 5.92 Å². The molecule has 0 amide bonds. The van der Waals surface area contributed by atoms with Crippen LogP contribution in [0, 0.1) is 5.92 Å². The molecule has 0 spiro atoms. The van der Waals surface area contributed by atoms with Crippen molar-refractivity contribution in [2.45, 2.75) is 53.4 Å². The molecule has 0 saturated carbocycles. The molecule has 0 radical (unpaired) electrons. The minimum absolute atomic E-state index is 0.572. The third kappa shape index (κ3) is 3.01. The Balaban J connectivity index is 3.07. The molecule has 0 aromatic heterocycles. The number of hydrogen-bond donors (Lipinski definition) is 1. The van der Waals surface area contributed by atoms with Gasteiger partial charge in [0.25, 0.3) is 0 Å². The Bertz CT molecular complexity index is 320. The predicted octanol–water partition coefficient (Wildman–Crippen LogP) is 4.54. The van der Waals surface area contributed by atoms with Gasteiger partial charge in [0.1, 0.15) is 0 Å². The van der Waals surface area contributed by atoms with Crippen LogP contribution in [0.3, 0.4) is 0 Å². The average molecular weight is 219 g/mol. The van der Waals surface area contributed by atoms with Gasteiger partial charge in [0.15, 0.2) is 0 Å². The normalized spacial score (nSPS) is 27.6. The molecule has 1 unspecified atom stereocenters. The van der Waals surface area contributed by atoms with E-state index in [-0.39, 0.29) is 0 Å². The van der Waals surface area contributed by atoms with Crippen LogP contribution >= 0.6 is 0 Å². The summed E-state index contributed by atoms with van der Waals surface area (Å²) in [6.45, 7) is 13.0. The van der Waals surface area contributed by atoms with Gasteiger partial charge in [-0.15, -0.1) is 0 Å². The van der Waals surface area contributed by atoms with Gasteiger partial charge < -0.3 is 5.32 Å². The van der Waals surface area contributed by atoms with Crippen molar-refractivity contribution in [3.8, 4) is 0 Å². The molecular formula is C15H25N. The molecular weight excluding hydrogens is 194 g/mol. The van der Waals surface area contributed by atoms with E-state index in [2.05, 4.69) is 45.7 Å². The van der Waals surface area contributed by atoms with E-state index in [0.29, 0.717) is 5.92 Å². The molecule has 1 rings (SSSR count). The highest BCUT2D eigenvalue weighted by Crippen LogP contribution is 2.29. The van der Waals surface area contributed by atoms with Gasteiger partial charge >= 0.3 is 0 Å². The Morgan fingerprint density at radius 3 is 2.75 bits per heavy atom. The van der Waals surface area contributed by atoms with Crippen LogP contribution in [-0.2, 0) is 0 Å². The summed E-state index contributed by atoms with van der Waals surface area (Å²) in [4.78, 5) is 0. The van der Waals surface area contributed by atoms with Gasteiger partial charge in [0, 0.05) is 11.4 Å². The fourth-order valence-corrected chi connectivity index (χ4v) is 2.04. The van der Waals surface area contributed by atoms with E-state index in [1.54, 1.807) is 0 Å². The van der Waals surface area contributed by atoms with Crippen molar-refractivity contribution in [1.82, 2.24) is 5.32 Å². The lowest BCUT2D eigenvalue weighted by Gasteiger charge is -2.16. The summed E-state index contributed by atoms with van der Waals surface area (Å²) in [5.74, 6) is 0.572. The van der Waals surface area contributed by atoms with E-state index in [1.807, 2.05) is 0 Å². The summed E-state index contributed by atoms with van der Waals surface area (Å²) in [6.07, 6.45) is 6.95. The summed E-state index contributed by atoms with van der Waals surface area (Å²) in [5.41, 5.74) is 5.42. The molecule has 1 heterocycles. The zero-order valence-electron chi connectivity index (χ0n) is 11.2. The van der Waals surface area contributed by atoms with Crippen molar-refractivity contribution in [3.63, 3.8) is 0 Å². The molecule has 1 saturated heterocycles. The molecule has 1 nitrogen and oxygen atoms in total. The molecule has 1 aliphatic heterocycles. The minimum atomic E-state index is 0.572. The molecule has 0 aromatic rings. The largest absolute Gasteiger partial charge is 0.359 e. The first-order valence-corrected chi connectivity index (χ1v) is 6.45. The highest BCUT2D eigenvalue weighted by atomic mass is 14.9. The van der Waals surface area contributed by atoms with Crippen molar-refractivity contribution < 1.29 is 0 Å². The van der Waals surface area contributed by atoms with Crippen LogP contribution < -0.4 is 5.32 Å². The Morgan fingerprint density at radius 2 is 2.19 bits per heavy atom. The topological polar surface area (TPSA) is 12.0 Å². The zero-order valence-corrected chi connectivity index (χ0v) is 11.2. The van der Waals surface area contributed by atoms with Crippen molar-refractivity contribution in [2.75, 3.05) is 0 Å². The van der Waals surface area contributed by atoms with E-state index in [1.165, 1.54) is 35.4 Å². The lowest BCUT2D eigenvalue weighted by Crippen LogP contribution is -2.16. The number of allylic oxidation sites excluding steroid dienone is 4. The molecule has 1 atom stereocenters. The SMILES string of the molecule is C=C1NC(=C(\C)CC)/C(=C\CC)CCC1C. The Hall–Kier alpha value is -0.980. The quantitative estimate of drug-likeness (QED) is 0.719. The highest BCUT2D eigenvalue weighted by molar-refractivity contribution is 5.37. The third-order valence-corrected chi connectivity index (χ3v) is 3.46. The van der Waals surface area contributed by atoms with E-state index in [4.69, 9.17) is 0 Å². The summed E-state index contributed by atoms with van der Waals surface area (Å²) in [6, 6.07) is 0. The van der Waals surface area contributed by atoms with Gasteiger partial charge in [0.2, 0.25) is 0 Å². The van der Waals surface area contributed by atoms with Gasteiger partial charge in [-0.2, -0.15) is 0 Å². The van der Waals surface area contributed by atoms with Crippen LogP contribution in [0.15, 0.2) is 35.2 Å². The molecule has 1 fully saturated rings. The first-order chi connectivity index (χ1) is 7.60. The van der Waals surface area contributed by atoms with Crippen LogP contribution in [0.5, 0.6) is 0 Å². The first kappa shape index (κ1) is 13.1. The second kappa shape index (κ2) is 5.93. The van der Waals surface area contributed by atoms with E-state index < -0.39 is 0 Å². The van der Waals surface area contributed by atoms with Gasteiger partial charge in [-0.05, 0) is 49.7 Å². The minimum Gasteiger partial charge on any atom is -0.359 e. The zero-order chi connectivity index (χ0) is 12.1. The van der Waals surface area contributed by atoms with Crippen LogP contribution in [0.25, 0.3) is 0 Å². The fraction of sp³-hybridized carbons (Fsp3) is 0.600. The summed E-state index contributed by atoms with van der Waals surface area (Å²) in [7, 11) is 0.